The van der Waals surface area contributed by atoms with E-state index in [1.165, 1.54) is 6.42 Å². The first-order valence-electron chi connectivity index (χ1n) is 6.73. The molecule has 2 rings (SSSR count). The van der Waals surface area contributed by atoms with Gasteiger partial charge < -0.3 is 10.0 Å². The molecule has 3 heteroatoms. The zero-order chi connectivity index (χ0) is 13.7. The Morgan fingerprint density at radius 1 is 1.42 bits per heavy atom. The van der Waals surface area contributed by atoms with Gasteiger partial charge in [-0.25, -0.2) is 0 Å². The molecule has 3 nitrogen and oxygen atoms in total. The number of carbonyl (C=O) groups is 1. The molecule has 1 N–H and O–H groups in total. The number of benzene rings is 1. The second-order valence-electron chi connectivity index (χ2n) is 4.85. The molecule has 1 aliphatic rings. The van der Waals surface area contributed by atoms with Gasteiger partial charge in [0, 0.05) is 18.2 Å². The van der Waals surface area contributed by atoms with Gasteiger partial charge in [-0.15, -0.1) is 0 Å². The molecule has 1 aliphatic heterocycles. The first-order valence-corrected chi connectivity index (χ1v) is 6.73. The quantitative estimate of drug-likeness (QED) is 0.782. The lowest BCUT2D eigenvalue weighted by atomic mass is 10.0. The summed E-state index contributed by atoms with van der Waals surface area (Å²) in [4.78, 5) is 14.5. The SMILES string of the molecule is CC1CCCCN1C(=O)c1ccccc1C#CCO. The van der Waals surface area contributed by atoms with Gasteiger partial charge in [-0.3, -0.25) is 4.79 Å². The highest BCUT2D eigenvalue weighted by Crippen LogP contribution is 2.20. The van der Waals surface area contributed by atoms with Gasteiger partial charge in [0.1, 0.15) is 6.61 Å². The second-order valence-corrected chi connectivity index (χ2v) is 4.85. The van der Waals surface area contributed by atoms with Crippen LogP contribution in [0.1, 0.15) is 42.1 Å². The standard InChI is InChI=1S/C16H19NO2/c1-13-7-4-5-11-17(13)16(19)15-10-3-2-8-14(15)9-6-12-18/h2-3,8,10,13,18H,4-5,7,11-12H2,1H3. The molecule has 0 radical (unpaired) electrons. The van der Waals surface area contributed by atoms with Crippen molar-refractivity contribution in [3.05, 3.63) is 35.4 Å². The maximum atomic E-state index is 12.6. The molecular formula is C16H19NO2. The van der Waals surface area contributed by atoms with Crippen molar-refractivity contribution < 1.29 is 9.90 Å². The van der Waals surface area contributed by atoms with E-state index in [2.05, 4.69) is 18.8 Å². The molecule has 100 valence electrons. The van der Waals surface area contributed by atoms with Gasteiger partial charge in [0.15, 0.2) is 0 Å². The average molecular weight is 257 g/mol. The Morgan fingerprint density at radius 2 is 2.21 bits per heavy atom. The Bertz CT molecular complexity index is 513. The highest BCUT2D eigenvalue weighted by atomic mass is 16.2. The van der Waals surface area contributed by atoms with E-state index in [4.69, 9.17) is 5.11 Å². The summed E-state index contributed by atoms with van der Waals surface area (Å²) in [7, 11) is 0. The molecule has 19 heavy (non-hydrogen) atoms. The van der Waals surface area contributed by atoms with Crippen LogP contribution in [0.2, 0.25) is 0 Å². The molecule has 0 aromatic heterocycles. The van der Waals surface area contributed by atoms with Crippen LogP contribution >= 0.6 is 0 Å². The molecule has 1 aromatic carbocycles. The van der Waals surface area contributed by atoms with Crippen LogP contribution in [-0.2, 0) is 0 Å². The van der Waals surface area contributed by atoms with Crippen molar-refractivity contribution in [3.63, 3.8) is 0 Å². The van der Waals surface area contributed by atoms with Crippen molar-refractivity contribution >= 4 is 5.91 Å². The zero-order valence-corrected chi connectivity index (χ0v) is 11.2. The van der Waals surface area contributed by atoms with E-state index < -0.39 is 0 Å². The minimum Gasteiger partial charge on any atom is -0.384 e. The molecule has 1 fully saturated rings. The summed E-state index contributed by atoms with van der Waals surface area (Å²) in [5, 5.41) is 8.78. The van der Waals surface area contributed by atoms with E-state index in [9.17, 15) is 4.79 Å². The molecule has 1 unspecified atom stereocenters. The van der Waals surface area contributed by atoms with Gasteiger partial charge in [0.2, 0.25) is 0 Å². The molecule has 0 saturated carbocycles. The molecule has 1 aromatic rings. The number of aliphatic hydroxyl groups is 1. The Balaban J connectivity index is 2.27. The number of hydrogen-bond acceptors (Lipinski definition) is 2. The van der Waals surface area contributed by atoms with E-state index in [-0.39, 0.29) is 12.5 Å². The number of piperidine rings is 1. The minimum atomic E-state index is -0.192. The monoisotopic (exact) mass is 257 g/mol. The molecule has 1 amide bonds. The molecule has 0 aliphatic carbocycles. The van der Waals surface area contributed by atoms with Gasteiger partial charge in [-0.1, -0.05) is 24.0 Å². The highest BCUT2D eigenvalue weighted by Gasteiger charge is 2.25. The van der Waals surface area contributed by atoms with Crippen LogP contribution in [0, 0.1) is 11.8 Å². The Labute approximate surface area is 114 Å². The summed E-state index contributed by atoms with van der Waals surface area (Å²) >= 11 is 0. The van der Waals surface area contributed by atoms with Gasteiger partial charge in [0.05, 0.1) is 5.56 Å². The predicted octanol–water partition coefficient (Wildman–Crippen LogP) is 2.05. The van der Waals surface area contributed by atoms with Crippen molar-refractivity contribution in [2.24, 2.45) is 0 Å². The Kier molecular flexibility index (Phi) is 4.59. The lowest BCUT2D eigenvalue weighted by Gasteiger charge is -2.33. The number of rotatable bonds is 1. The molecular weight excluding hydrogens is 238 g/mol. The number of hydrogen-bond donors (Lipinski definition) is 1. The number of likely N-dealkylation sites (tertiary alicyclic amines) is 1. The van der Waals surface area contributed by atoms with Crippen molar-refractivity contribution in [2.75, 3.05) is 13.2 Å². The third-order valence-electron chi connectivity index (χ3n) is 3.52. The lowest BCUT2D eigenvalue weighted by Crippen LogP contribution is -2.42. The third-order valence-corrected chi connectivity index (χ3v) is 3.52. The molecule has 1 saturated heterocycles. The van der Waals surface area contributed by atoms with E-state index in [0.29, 0.717) is 17.2 Å². The normalized spacial score (nSPS) is 18.6. The molecule has 0 spiro atoms. The van der Waals surface area contributed by atoms with Crippen molar-refractivity contribution in [3.8, 4) is 11.8 Å². The van der Waals surface area contributed by atoms with Gasteiger partial charge in [-0.2, -0.15) is 0 Å². The Hall–Kier alpha value is -1.79. The fraction of sp³-hybridized carbons (Fsp3) is 0.438. The van der Waals surface area contributed by atoms with Crippen molar-refractivity contribution in [1.29, 1.82) is 0 Å². The minimum absolute atomic E-state index is 0.0510. The molecule has 1 atom stereocenters. The zero-order valence-electron chi connectivity index (χ0n) is 11.2. The maximum absolute atomic E-state index is 12.6. The van der Waals surface area contributed by atoms with Crippen LogP contribution in [-0.4, -0.2) is 35.1 Å². The van der Waals surface area contributed by atoms with E-state index in [0.717, 1.165) is 19.4 Å². The second kappa shape index (κ2) is 6.40. The summed E-state index contributed by atoms with van der Waals surface area (Å²) in [6, 6.07) is 7.64. The summed E-state index contributed by atoms with van der Waals surface area (Å²) in [5.74, 6) is 5.51. The average Bonchev–Trinajstić information content (AvgIpc) is 2.45. The number of nitrogens with zero attached hydrogens (tertiary/aromatic N) is 1. The molecule has 0 bridgehead atoms. The maximum Gasteiger partial charge on any atom is 0.255 e. The third kappa shape index (κ3) is 3.15. The number of aliphatic hydroxyl groups excluding tert-OH is 1. The number of carbonyl (C=O) groups excluding carboxylic acids is 1. The smallest absolute Gasteiger partial charge is 0.255 e. The summed E-state index contributed by atoms with van der Waals surface area (Å²) in [5.41, 5.74) is 1.33. The first-order chi connectivity index (χ1) is 9.24. The summed E-state index contributed by atoms with van der Waals surface area (Å²) < 4.78 is 0. The van der Waals surface area contributed by atoms with Crippen LogP contribution in [0.5, 0.6) is 0 Å². The lowest BCUT2D eigenvalue weighted by molar-refractivity contribution is 0.0635. The van der Waals surface area contributed by atoms with Gasteiger partial charge in [-0.05, 0) is 38.3 Å². The fourth-order valence-corrected chi connectivity index (χ4v) is 2.47. The first kappa shape index (κ1) is 13.6. The highest BCUT2D eigenvalue weighted by molar-refractivity contribution is 5.97. The van der Waals surface area contributed by atoms with Gasteiger partial charge >= 0.3 is 0 Å². The van der Waals surface area contributed by atoms with Crippen molar-refractivity contribution in [2.45, 2.75) is 32.2 Å². The Morgan fingerprint density at radius 3 is 2.95 bits per heavy atom. The van der Waals surface area contributed by atoms with E-state index >= 15 is 0 Å². The van der Waals surface area contributed by atoms with E-state index in [1.54, 1.807) is 0 Å². The van der Waals surface area contributed by atoms with Crippen LogP contribution in [0.4, 0.5) is 0 Å². The van der Waals surface area contributed by atoms with Crippen LogP contribution in [0.15, 0.2) is 24.3 Å². The van der Waals surface area contributed by atoms with Crippen LogP contribution < -0.4 is 0 Å². The van der Waals surface area contributed by atoms with Crippen LogP contribution in [0.25, 0.3) is 0 Å². The van der Waals surface area contributed by atoms with Gasteiger partial charge in [0.25, 0.3) is 5.91 Å². The van der Waals surface area contributed by atoms with Crippen molar-refractivity contribution in [1.82, 2.24) is 4.90 Å². The molecule has 1 heterocycles. The largest absolute Gasteiger partial charge is 0.384 e. The predicted molar refractivity (Wildman–Crippen MR) is 74.8 cm³/mol. The topological polar surface area (TPSA) is 40.5 Å². The van der Waals surface area contributed by atoms with Crippen LogP contribution in [0.3, 0.4) is 0 Å². The van der Waals surface area contributed by atoms with E-state index in [1.807, 2.05) is 29.2 Å². The summed E-state index contributed by atoms with van der Waals surface area (Å²) in [6.45, 7) is 2.73. The number of amides is 1. The summed E-state index contributed by atoms with van der Waals surface area (Å²) in [6.07, 6.45) is 3.33. The fourth-order valence-electron chi connectivity index (χ4n) is 2.47.